The van der Waals surface area contributed by atoms with E-state index in [9.17, 15) is 4.79 Å². The van der Waals surface area contributed by atoms with E-state index in [-0.39, 0.29) is 23.8 Å². The Morgan fingerprint density at radius 3 is 2.53 bits per heavy atom. The number of carbonyl (C=O) groups excluding carboxylic acids is 1. The quantitative estimate of drug-likeness (QED) is 0.730. The second-order valence-electron chi connectivity index (χ2n) is 5.34. The van der Waals surface area contributed by atoms with Gasteiger partial charge in [0.2, 0.25) is 5.91 Å². The molecule has 0 heterocycles. The summed E-state index contributed by atoms with van der Waals surface area (Å²) in [6.45, 7) is 4.99. The first kappa shape index (κ1) is 12.5. The van der Waals surface area contributed by atoms with E-state index in [1.165, 1.54) is 12.8 Å². The Labute approximate surface area is 92.3 Å². The molecule has 3 heteroatoms. The monoisotopic (exact) mass is 213 g/mol. The van der Waals surface area contributed by atoms with Crippen molar-refractivity contribution in [1.29, 1.82) is 0 Å². The molecule has 0 aromatic heterocycles. The topological polar surface area (TPSA) is 49.3 Å². The molecular weight excluding hydrogens is 190 g/mol. The van der Waals surface area contributed by atoms with Gasteiger partial charge in [-0.25, -0.2) is 0 Å². The van der Waals surface area contributed by atoms with Crippen molar-refractivity contribution in [3.05, 3.63) is 0 Å². The Hall–Kier alpha value is -0.570. The predicted octanol–water partition coefficient (Wildman–Crippen LogP) is 1.70. The molecule has 0 atom stereocenters. The van der Waals surface area contributed by atoms with Crippen LogP contribution >= 0.6 is 0 Å². The van der Waals surface area contributed by atoms with Crippen molar-refractivity contribution in [3.63, 3.8) is 0 Å². The highest BCUT2D eigenvalue weighted by Gasteiger charge is 2.24. The largest absolute Gasteiger partial charge is 0.396 e. The van der Waals surface area contributed by atoms with Gasteiger partial charge in [0.1, 0.15) is 0 Å². The lowest BCUT2D eigenvalue weighted by atomic mass is 9.89. The first-order chi connectivity index (χ1) is 7.05. The highest BCUT2D eigenvalue weighted by molar-refractivity contribution is 5.78. The van der Waals surface area contributed by atoms with Crippen molar-refractivity contribution in [2.24, 2.45) is 11.3 Å². The van der Waals surface area contributed by atoms with Gasteiger partial charge in [0.25, 0.3) is 0 Å². The fourth-order valence-electron chi connectivity index (χ4n) is 2.05. The van der Waals surface area contributed by atoms with E-state index in [0.29, 0.717) is 6.54 Å². The maximum atomic E-state index is 11.7. The van der Waals surface area contributed by atoms with Gasteiger partial charge in [-0.1, -0.05) is 26.7 Å². The Morgan fingerprint density at radius 2 is 2.00 bits per heavy atom. The SMILES string of the molecule is CC(C)(CCO)CNC(=O)C1CCCC1. The zero-order chi connectivity index (χ0) is 11.3. The molecule has 0 bridgehead atoms. The molecule has 0 aromatic rings. The summed E-state index contributed by atoms with van der Waals surface area (Å²) in [4.78, 5) is 11.7. The fraction of sp³-hybridized carbons (Fsp3) is 0.917. The number of carbonyl (C=O) groups is 1. The summed E-state index contributed by atoms with van der Waals surface area (Å²) in [5.41, 5.74) is 0.00299. The number of rotatable bonds is 5. The van der Waals surface area contributed by atoms with Crippen molar-refractivity contribution in [3.8, 4) is 0 Å². The number of hydrogen-bond donors (Lipinski definition) is 2. The molecule has 0 aliphatic heterocycles. The van der Waals surface area contributed by atoms with Crippen LogP contribution in [0.2, 0.25) is 0 Å². The van der Waals surface area contributed by atoms with Gasteiger partial charge in [-0.15, -0.1) is 0 Å². The number of aliphatic hydroxyl groups is 1. The van der Waals surface area contributed by atoms with E-state index < -0.39 is 0 Å². The van der Waals surface area contributed by atoms with Gasteiger partial charge in [-0.3, -0.25) is 4.79 Å². The maximum Gasteiger partial charge on any atom is 0.223 e. The Kier molecular flexibility index (Phi) is 4.58. The Bertz CT molecular complexity index is 208. The molecule has 1 fully saturated rings. The van der Waals surface area contributed by atoms with Crippen LogP contribution in [0.3, 0.4) is 0 Å². The van der Waals surface area contributed by atoms with Crippen LogP contribution in [-0.2, 0) is 4.79 Å². The minimum absolute atomic E-state index is 0.00299. The Morgan fingerprint density at radius 1 is 1.40 bits per heavy atom. The number of hydrogen-bond acceptors (Lipinski definition) is 2. The molecule has 1 aliphatic rings. The molecule has 1 saturated carbocycles. The highest BCUT2D eigenvalue weighted by atomic mass is 16.3. The molecule has 0 radical (unpaired) electrons. The van der Waals surface area contributed by atoms with Crippen LogP contribution in [0.1, 0.15) is 46.0 Å². The van der Waals surface area contributed by atoms with Crippen LogP contribution in [0.15, 0.2) is 0 Å². The third-order valence-corrected chi connectivity index (χ3v) is 3.26. The van der Waals surface area contributed by atoms with Gasteiger partial charge < -0.3 is 10.4 Å². The molecule has 1 rings (SSSR count). The molecule has 0 spiro atoms. The second kappa shape index (κ2) is 5.50. The summed E-state index contributed by atoms with van der Waals surface area (Å²) < 4.78 is 0. The molecule has 88 valence electrons. The van der Waals surface area contributed by atoms with Gasteiger partial charge in [0.05, 0.1) is 0 Å². The van der Waals surface area contributed by atoms with Crippen LogP contribution < -0.4 is 5.32 Å². The highest BCUT2D eigenvalue weighted by Crippen LogP contribution is 2.25. The minimum atomic E-state index is 0.00299. The average molecular weight is 213 g/mol. The van der Waals surface area contributed by atoms with Crippen molar-refractivity contribution >= 4 is 5.91 Å². The van der Waals surface area contributed by atoms with Gasteiger partial charge in [0.15, 0.2) is 0 Å². The molecule has 15 heavy (non-hydrogen) atoms. The van der Waals surface area contributed by atoms with Crippen LogP contribution in [-0.4, -0.2) is 24.2 Å². The summed E-state index contributed by atoms with van der Waals surface area (Å²) in [6, 6.07) is 0. The van der Waals surface area contributed by atoms with E-state index in [2.05, 4.69) is 19.2 Å². The van der Waals surface area contributed by atoms with Gasteiger partial charge in [0, 0.05) is 19.1 Å². The minimum Gasteiger partial charge on any atom is -0.396 e. The summed E-state index contributed by atoms with van der Waals surface area (Å²) in [5, 5.41) is 11.9. The zero-order valence-electron chi connectivity index (χ0n) is 9.88. The first-order valence-electron chi connectivity index (χ1n) is 5.94. The molecule has 0 saturated heterocycles. The number of amides is 1. The maximum absolute atomic E-state index is 11.7. The van der Waals surface area contributed by atoms with Crippen molar-refractivity contribution in [2.75, 3.05) is 13.2 Å². The molecule has 1 aliphatic carbocycles. The first-order valence-corrected chi connectivity index (χ1v) is 5.94. The molecule has 2 N–H and O–H groups in total. The lowest BCUT2D eigenvalue weighted by molar-refractivity contribution is -0.125. The zero-order valence-corrected chi connectivity index (χ0v) is 9.88. The average Bonchev–Trinajstić information content (AvgIpc) is 2.67. The molecular formula is C12H23NO2. The van der Waals surface area contributed by atoms with E-state index in [1.54, 1.807) is 0 Å². The normalized spacial score (nSPS) is 18.1. The summed E-state index contributed by atoms with van der Waals surface area (Å²) in [6.07, 6.45) is 5.21. The van der Waals surface area contributed by atoms with Gasteiger partial charge >= 0.3 is 0 Å². The van der Waals surface area contributed by atoms with Gasteiger partial charge in [-0.05, 0) is 24.7 Å². The van der Waals surface area contributed by atoms with E-state index in [4.69, 9.17) is 5.11 Å². The van der Waals surface area contributed by atoms with Crippen LogP contribution in [0.4, 0.5) is 0 Å². The standard InChI is InChI=1S/C12H23NO2/c1-12(2,7-8-14)9-13-11(15)10-5-3-4-6-10/h10,14H,3-9H2,1-2H3,(H,13,15). The lowest BCUT2D eigenvalue weighted by Crippen LogP contribution is -2.37. The second-order valence-corrected chi connectivity index (χ2v) is 5.34. The van der Waals surface area contributed by atoms with Crippen molar-refractivity contribution < 1.29 is 9.90 Å². The third-order valence-electron chi connectivity index (χ3n) is 3.26. The van der Waals surface area contributed by atoms with Crippen LogP contribution in [0, 0.1) is 11.3 Å². The van der Waals surface area contributed by atoms with E-state index >= 15 is 0 Å². The smallest absolute Gasteiger partial charge is 0.223 e. The summed E-state index contributed by atoms with van der Waals surface area (Å²) in [5.74, 6) is 0.452. The van der Waals surface area contributed by atoms with E-state index in [0.717, 1.165) is 19.3 Å². The summed E-state index contributed by atoms with van der Waals surface area (Å²) >= 11 is 0. The molecule has 3 nitrogen and oxygen atoms in total. The molecule has 1 amide bonds. The van der Waals surface area contributed by atoms with E-state index in [1.807, 2.05) is 0 Å². The van der Waals surface area contributed by atoms with Crippen LogP contribution in [0.5, 0.6) is 0 Å². The van der Waals surface area contributed by atoms with Crippen LogP contribution in [0.25, 0.3) is 0 Å². The molecule has 0 unspecified atom stereocenters. The lowest BCUT2D eigenvalue weighted by Gasteiger charge is -2.24. The Balaban J connectivity index is 2.26. The third kappa shape index (κ3) is 4.20. The van der Waals surface area contributed by atoms with Gasteiger partial charge in [-0.2, -0.15) is 0 Å². The number of aliphatic hydroxyl groups excluding tert-OH is 1. The van der Waals surface area contributed by atoms with Crippen molar-refractivity contribution in [1.82, 2.24) is 5.32 Å². The van der Waals surface area contributed by atoms with Crippen molar-refractivity contribution in [2.45, 2.75) is 46.0 Å². The fourth-order valence-corrected chi connectivity index (χ4v) is 2.05. The number of nitrogens with one attached hydrogen (secondary N) is 1. The molecule has 0 aromatic carbocycles. The predicted molar refractivity (Wildman–Crippen MR) is 60.5 cm³/mol. The summed E-state index contributed by atoms with van der Waals surface area (Å²) in [7, 11) is 0.